The second-order valence-electron chi connectivity index (χ2n) is 56.1. The summed E-state index contributed by atoms with van der Waals surface area (Å²) in [6, 6.07) is 8.92. The molecule has 11 nitrogen and oxygen atoms in total. The number of sulfone groups is 1. The van der Waals surface area contributed by atoms with Gasteiger partial charge in [0.25, 0.3) is 0 Å². The molecule has 12 saturated carbocycles. The van der Waals surface area contributed by atoms with Gasteiger partial charge in [-0.25, -0.2) is 8.42 Å². The van der Waals surface area contributed by atoms with Gasteiger partial charge < -0.3 is 48.8 Å². The number of halogens is 1. The molecule has 0 bridgehead atoms. The molecule has 0 aliphatic heterocycles. The Kier molecular flexibility index (Phi) is 39.9. The van der Waals surface area contributed by atoms with E-state index in [0.29, 0.717) is 68.5 Å². The van der Waals surface area contributed by atoms with Gasteiger partial charge in [0.1, 0.15) is 0 Å². The molecular weight excluding hydrogens is 1770 g/mol. The number of allylic oxidation sites excluding steroid dienone is 4. The second kappa shape index (κ2) is 47.0. The van der Waals surface area contributed by atoms with Crippen molar-refractivity contribution in [3.8, 4) is 0 Å². The topological polar surface area (TPSA) is 216 Å². The number of benzene rings is 1. The molecule has 1 aromatic rings. The van der Waals surface area contributed by atoms with Crippen LogP contribution in [-0.2, 0) is 9.84 Å². The molecule has 9 N–H and O–H groups in total. The fourth-order valence-electron chi connectivity index (χ4n) is 35.9. The maximum atomic E-state index is 14.2. The zero-order chi connectivity index (χ0) is 102. The molecule has 0 heterocycles. The summed E-state index contributed by atoms with van der Waals surface area (Å²) >= 11 is 0.250. The van der Waals surface area contributed by atoms with Crippen molar-refractivity contribution in [2.75, 3.05) is 13.4 Å². The zero-order valence-corrected chi connectivity index (χ0v) is 96.6. The summed E-state index contributed by atoms with van der Waals surface area (Å²) in [6.45, 7) is 54.0. The number of hydrogen-bond donors (Lipinski definition) is 9. The number of aliphatic hydroxyl groups is 9. The van der Waals surface area contributed by atoms with Crippen LogP contribution in [0, 0.1) is 185 Å². The zero-order valence-electron chi connectivity index (χ0n) is 95.6. The molecule has 796 valence electrons. The largest absolute Gasteiger partial charge is 2.00 e. The Bertz CT molecular complexity index is 4050. The number of hydrogen-bond acceptors (Lipinski definition) is 12. The van der Waals surface area contributed by atoms with Gasteiger partial charge in [0, 0.05) is 25.5 Å². The van der Waals surface area contributed by atoms with Crippen molar-refractivity contribution in [2.45, 2.75) is 499 Å². The molecular formula is C124H213FMgO11S2. The fourth-order valence-corrected chi connectivity index (χ4v) is 38.0. The molecule has 139 heavy (non-hydrogen) atoms. The Balaban J connectivity index is 0.000000206. The van der Waals surface area contributed by atoms with Crippen LogP contribution in [0.15, 0.2) is 81.8 Å². The van der Waals surface area contributed by atoms with Crippen LogP contribution in [0.2, 0.25) is 0 Å². The molecule has 3 unspecified atom stereocenters. The maximum Gasteiger partial charge on any atom is 2.00 e. The van der Waals surface area contributed by atoms with Gasteiger partial charge in [-0.05, 0) is 474 Å². The van der Waals surface area contributed by atoms with Crippen LogP contribution in [0.5, 0.6) is 0 Å². The maximum absolute atomic E-state index is 14.2. The van der Waals surface area contributed by atoms with Gasteiger partial charge in [0.2, 0.25) is 0 Å². The Labute approximate surface area is 874 Å². The number of rotatable bonds is 22. The third-order valence-electron chi connectivity index (χ3n) is 45.2. The van der Waals surface area contributed by atoms with E-state index in [2.05, 4.69) is 170 Å². The van der Waals surface area contributed by atoms with Crippen LogP contribution in [-0.4, -0.2) is 143 Å². The first-order valence-electron chi connectivity index (χ1n) is 57.8. The quantitative estimate of drug-likeness (QED) is 0.0392. The smallest absolute Gasteiger partial charge is 1.00 e. The van der Waals surface area contributed by atoms with E-state index < -0.39 is 43.6 Å². The first kappa shape index (κ1) is 118. The van der Waals surface area contributed by atoms with Crippen LogP contribution < -0.4 is 0 Å². The molecule has 0 radical (unpaired) electrons. The Morgan fingerprint density at radius 1 is 0.367 bits per heavy atom. The van der Waals surface area contributed by atoms with Crippen molar-refractivity contribution in [1.82, 2.24) is 0 Å². The minimum absolute atomic E-state index is 0. The van der Waals surface area contributed by atoms with Gasteiger partial charge in [-0.3, -0.25) is 0 Å². The summed E-state index contributed by atoms with van der Waals surface area (Å²) < 4.78 is 38.6. The van der Waals surface area contributed by atoms with E-state index >= 15 is 0 Å². The summed E-state index contributed by atoms with van der Waals surface area (Å²) in [5, 5.41) is 92.9. The predicted octanol–water partition coefficient (Wildman–Crippen LogP) is 29.7. The molecule has 0 spiro atoms. The van der Waals surface area contributed by atoms with Gasteiger partial charge in [-0.1, -0.05) is 231 Å². The van der Waals surface area contributed by atoms with E-state index in [1.54, 1.807) is 41.0 Å². The van der Waals surface area contributed by atoms with Crippen molar-refractivity contribution in [3.63, 3.8) is 0 Å². The molecule has 0 aromatic heterocycles. The van der Waals surface area contributed by atoms with E-state index in [1.165, 1.54) is 160 Å². The predicted molar refractivity (Wildman–Crippen MR) is 582 cm³/mol. The first-order valence-corrected chi connectivity index (χ1v) is 60.5. The average Bonchev–Trinajstić information content (AvgIpc) is 1.62. The monoisotopic (exact) mass is 1990 g/mol. The molecule has 37 atom stereocenters. The normalized spacial score (nSPS) is 41.1. The summed E-state index contributed by atoms with van der Waals surface area (Å²) in [4.78, 5) is 0.380. The summed E-state index contributed by atoms with van der Waals surface area (Å²) in [7, 11) is -2.60. The molecule has 15 heteroatoms. The first-order chi connectivity index (χ1) is 64.6. The van der Waals surface area contributed by atoms with Gasteiger partial charge >= 0.3 is 23.1 Å². The second-order valence-corrected chi connectivity index (χ2v) is 58.6. The number of fused-ring (bicyclic) bond motifs is 20. The molecule has 0 saturated heterocycles. The summed E-state index contributed by atoms with van der Waals surface area (Å²) in [5.41, 5.74) is 5.80. The molecule has 1 aromatic carbocycles. The molecule has 0 amide bonds. The average molecular weight is 1990 g/mol. The van der Waals surface area contributed by atoms with E-state index in [4.69, 9.17) is 5.11 Å². The SMILES string of the molecule is CC[C@]1(O)CC[C@H]2C(=CC[C@@H]3[C@@H]2CC[C@]2(C)[C@@H]([C@H](C)C(CC(O)C(C)(C)C)S(=O)(=O)c4ccccc4)CC[C@@H]32)C1.CC[C@]1(O)CC[C@H]2C(=CC[C@@H]3[C@@H]2CC[C@]2(C)[C@@H]([C@H](C)CCC(O)C(C)(C)C)CC[C@@H]32)C1.CC[C@]1(O)CC[C@H]2C(=CC[C@@H]3[C@@H]2CC[C@]2(C)[C@@H]([C@H](C)CC[C@@H](O)C(C)(C)C)CC[C@@H]32)C1.CC[C@]1(O)CC[C@H]2C(=CC[C@@H]3[C@@H]2CC[C@]2(C)[C@@H]([C@H](C)CC[C@H](O)C(C)(C)C)CC[C@@H]32)C1.CO.CSF.[H-].[H-].[Mg+2]. The van der Waals surface area contributed by atoms with Crippen molar-refractivity contribution in [2.24, 2.45) is 185 Å². The molecule has 16 aliphatic rings. The minimum atomic E-state index is -3.60. The van der Waals surface area contributed by atoms with E-state index in [0.717, 1.165) is 218 Å². The van der Waals surface area contributed by atoms with Crippen molar-refractivity contribution < 1.29 is 61.1 Å². The molecule has 17 rings (SSSR count). The van der Waals surface area contributed by atoms with Gasteiger partial charge in [0.05, 0.1) is 57.0 Å². The Hall–Kier alpha value is -1.18. The minimum Gasteiger partial charge on any atom is -1.00 e. The summed E-state index contributed by atoms with van der Waals surface area (Å²) in [6.07, 6.45) is 59.3. The van der Waals surface area contributed by atoms with Gasteiger partial charge in [-0.15, -0.1) is 0 Å². The van der Waals surface area contributed by atoms with Crippen molar-refractivity contribution >= 4 is 45.0 Å². The van der Waals surface area contributed by atoms with Crippen LogP contribution in [0.1, 0.15) is 445 Å². The van der Waals surface area contributed by atoms with Crippen LogP contribution in [0.25, 0.3) is 0 Å². The standard InChI is InChI=1S/C35H54O4S.3C29H50O2.CH3FS.CH4O.Mg.2H/c1-7-35(37)20-18-26-24(22-35)13-14-28-27(26)17-19-34(6)29(15-16-30(28)34)23(2)31(21-32(36)33(3,4)5)40(38,39)25-11-9-8-10-12-25;3*1-7-29(31)17-15-21-20(18-29)9-10-23-22(21)14-16-28(6)24(11-12-25(23)28)19(2)8-13-26(30)27(3,4)5;1-3-2;1-2;;;/h8-13,23,26-32,36-37H,7,14-22H2,1-6H3;3*9,19,21-26,30-31H,7-8,10-18H2,1-6H3;1H3;2H,1H3;;;/q;;;;;;+2;2*-1/t23-,26-,27+,28+,29+,30-,31?,32?,34+,35-;19-,21+,22-,23-,24-,25+,26?,28-,29+;19-,21+,22-,23-,24-,25+,26+,28-,29+;19-,21+,22-,23-,24-,25+,26-,28-,29+;;;;;/m0111...../s1. The van der Waals surface area contributed by atoms with Crippen LogP contribution in [0.3, 0.4) is 0 Å². The molecule has 16 aliphatic carbocycles. The van der Waals surface area contributed by atoms with Crippen LogP contribution >= 0.6 is 12.1 Å². The molecule has 12 fully saturated rings. The van der Waals surface area contributed by atoms with E-state index in [-0.39, 0.29) is 95.8 Å². The third-order valence-corrected chi connectivity index (χ3v) is 47.5. The van der Waals surface area contributed by atoms with E-state index in [1.807, 2.05) is 26.8 Å². The van der Waals surface area contributed by atoms with Gasteiger partial charge in [0.15, 0.2) is 9.84 Å². The fraction of sp³-hybridized carbons (Fsp3) is 0.887. The number of aliphatic hydroxyl groups excluding tert-OH is 5. The van der Waals surface area contributed by atoms with Crippen LogP contribution in [0.4, 0.5) is 3.89 Å². The van der Waals surface area contributed by atoms with Gasteiger partial charge in [-0.2, -0.15) is 3.89 Å². The Morgan fingerprint density at radius 2 is 0.604 bits per heavy atom. The van der Waals surface area contributed by atoms with E-state index in [9.17, 15) is 53.2 Å². The summed E-state index contributed by atoms with van der Waals surface area (Å²) in [5.74, 6) is 17.7. The van der Waals surface area contributed by atoms with Crippen molar-refractivity contribution in [1.29, 1.82) is 0 Å². The Morgan fingerprint density at radius 3 is 0.842 bits per heavy atom. The third kappa shape index (κ3) is 25.3. The van der Waals surface area contributed by atoms with Crippen molar-refractivity contribution in [3.05, 3.63) is 76.9 Å².